The van der Waals surface area contributed by atoms with Gasteiger partial charge in [-0.15, -0.1) is 12.4 Å². The summed E-state index contributed by atoms with van der Waals surface area (Å²) in [4.78, 5) is 20.5. The number of methoxy groups -OCH3 is 1. The second-order valence-corrected chi connectivity index (χ2v) is 2.21. The van der Waals surface area contributed by atoms with Crippen molar-refractivity contribution in [2.45, 2.75) is 19.3 Å². The molecule has 0 aromatic carbocycles. The highest BCUT2D eigenvalue weighted by Crippen LogP contribution is 1.99. The summed E-state index contributed by atoms with van der Waals surface area (Å²) >= 11 is 5.01. The molecule has 0 bridgehead atoms. The minimum absolute atomic E-state index is 0. The fourth-order valence-electron chi connectivity index (χ4n) is 0.474. The summed E-state index contributed by atoms with van der Waals surface area (Å²) in [5.74, 6) is -0.307. The largest absolute Gasteiger partial charge is 0.469 e. The lowest BCUT2D eigenvalue weighted by Gasteiger charge is -1.94. The van der Waals surface area contributed by atoms with Gasteiger partial charge in [0.25, 0.3) is 0 Å². The molecule has 0 rings (SSSR count). The zero-order chi connectivity index (χ0) is 7.98. The molecule has 0 amide bonds. The van der Waals surface area contributed by atoms with Gasteiger partial charge in [-0.25, -0.2) is 0 Å². The molecule has 0 aliphatic heterocycles. The first-order chi connectivity index (χ1) is 4.66. The Morgan fingerprint density at radius 2 is 1.91 bits per heavy atom. The highest BCUT2D eigenvalue weighted by molar-refractivity contribution is 6.63. The van der Waals surface area contributed by atoms with E-state index in [-0.39, 0.29) is 31.2 Å². The topological polar surface area (TPSA) is 43.4 Å². The second-order valence-electron chi connectivity index (χ2n) is 1.78. The summed E-state index contributed by atoms with van der Waals surface area (Å²) in [7, 11) is 1.31. The Bertz CT molecular complexity index is 136. The molecule has 0 aliphatic rings. The number of carbonyl (C=O) groups is 2. The second kappa shape index (κ2) is 7.82. The third-order valence-electron chi connectivity index (χ3n) is 0.982. The van der Waals surface area contributed by atoms with Crippen LogP contribution in [0.4, 0.5) is 0 Å². The average Bonchev–Trinajstić information content (AvgIpc) is 1.87. The molecule has 0 unspecified atom stereocenters. The average molecular weight is 201 g/mol. The van der Waals surface area contributed by atoms with Gasteiger partial charge >= 0.3 is 5.97 Å². The fraction of sp³-hybridized carbons (Fsp3) is 0.667. The van der Waals surface area contributed by atoms with Crippen molar-refractivity contribution in [3.63, 3.8) is 0 Å². The van der Waals surface area contributed by atoms with Gasteiger partial charge in [-0.1, -0.05) is 0 Å². The van der Waals surface area contributed by atoms with Crippen molar-refractivity contribution >= 4 is 35.2 Å². The third kappa shape index (κ3) is 9.72. The van der Waals surface area contributed by atoms with E-state index >= 15 is 0 Å². The van der Waals surface area contributed by atoms with Gasteiger partial charge in [0.2, 0.25) is 5.24 Å². The number of carbonyl (C=O) groups excluding carboxylic acids is 2. The van der Waals surface area contributed by atoms with Crippen LogP contribution in [0.3, 0.4) is 0 Å². The van der Waals surface area contributed by atoms with Crippen LogP contribution in [0.5, 0.6) is 0 Å². The first kappa shape index (κ1) is 13.3. The van der Waals surface area contributed by atoms with Crippen molar-refractivity contribution in [3.8, 4) is 0 Å². The van der Waals surface area contributed by atoms with Crippen molar-refractivity contribution in [2.75, 3.05) is 7.11 Å². The van der Waals surface area contributed by atoms with Crippen LogP contribution in [0.1, 0.15) is 19.3 Å². The third-order valence-corrected chi connectivity index (χ3v) is 1.17. The van der Waals surface area contributed by atoms with Gasteiger partial charge in [0.1, 0.15) is 0 Å². The molecule has 0 spiro atoms. The van der Waals surface area contributed by atoms with Crippen LogP contribution in [0.25, 0.3) is 0 Å². The standard InChI is InChI=1S/C6H9ClO3.ClH/c1-10-6(9)4-2-3-5(7)8;/h2-4H2,1H3;1H. The SMILES string of the molecule is COC(=O)CCCC(=O)Cl.Cl. The molecule has 5 heteroatoms. The van der Waals surface area contributed by atoms with Crippen LogP contribution in [0.15, 0.2) is 0 Å². The normalized spacial score (nSPS) is 8.18. The van der Waals surface area contributed by atoms with Crippen LogP contribution in [0, 0.1) is 0 Å². The quantitative estimate of drug-likeness (QED) is 0.511. The number of esters is 1. The van der Waals surface area contributed by atoms with E-state index in [0.29, 0.717) is 6.42 Å². The Labute approximate surface area is 76.5 Å². The minimum atomic E-state index is -0.413. The monoisotopic (exact) mass is 200 g/mol. The number of hydrogen-bond donors (Lipinski definition) is 0. The van der Waals surface area contributed by atoms with Crippen molar-refractivity contribution in [2.24, 2.45) is 0 Å². The molecular weight excluding hydrogens is 191 g/mol. The molecule has 0 heterocycles. The molecule has 0 fully saturated rings. The highest BCUT2D eigenvalue weighted by Gasteiger charge is 2.01. The van der Waals surface area contributed by atoms with E-state index in [4.69, 9.17) is 11.6 Å². The Morgan fingerprint density at radius 3 is 2.27 bits per heavy atom. The molecule has 0 atom stereocenters. The smallest absolute Gasteiger partial charge is 0.305 e. The van der Waals surface area contributed by atoms with Crippen LogP contribution in [-0.2, 0) is 14.3 Å². The Morgan fingerprint density at radius 1 is 1.36 bits per heavy atom. The lowest BCUT2D eigenvalue weighted by atomic mass is 10.2. The maximum absolute atomic E-state index is 10.4. The molecular formula is C6H10Cl2O3. The van der Waals surface area contributed by atoms with Gasteiger partial charge in [-0.3, -0.25) is 9.59 Å². The van der Waals surface area contributed by atoms with Gasteiger partial charge in [0.05, 0.1) is 7.11 Å². The predicted molar refractivity (Wildman–Crippen MR) is 44.0 cm³/mol. The van der Waals surface area contributed by atoms with Crippen molar-refractivity contribution < 1.29 is 14.3 Å². The number of halogens is 2. The Hall–Kier alpha value is -0.280. The van der Waals surface area contributed by atoms with Crippen LogP contribution in [-0.4, -0.2) is 18.3 Å². The van der Waals surface area contributed by atoms with Crippen molar-refractivity contribution in [3.05, 3.63) is 0 Å². The zero-order valence-corrected chi connectivity index (χ0v) is 7.70. The molecule has 3 nitrogen and oxygen atoms in total. The lowest BCUT2D eigenvalue weighted by molar-refractivity contribution is -0.140. The van der Waals surface area contributed by atoms with Crippen LogP contribution in [0.2, 0.25) is 0 Å². The van der Waals surface area contributed by atoms with Gasteiger partial charge in [0, 0.05) is 12.8 Å². The summed E-state index contributed by atoms with van der Waals surface area (Å²) in [5, 5.41) is -0.413. The first-order valence-corrected chi connectivity index (χ1v) is 3.29. The Kier molecular flexibility index (Phi) is 9.47. The van der Waals surface area contributed by atoms with Crippen molar-refractivity contribution in [1.82, 2.24) is 0 Å². The van der Waals surface area contributed by atoms with E-state index in [2.05, 4.69) is 4.74 Å². The molecule has 11 heavy (non-hydrogen) atoms. The molecule has 66 valence electrons. The van der Waals surface area contributed by atoms with E-state index in [1.807, 2.05) is 0 Å². The number of ether oxygens (including phenoxy) is 1. The molecule has 0 aliphatic carbocycles. The van der Waals surface area contributed by atoms with E-state index in [0.717, 1.165) is 0 Å². The Balaban J connectivity index is 0. The summed E-state index contributed by atoms with van der Waals surface area (Å²) in [6.45, 7) is 0. The fourth-order valence-corrected chi connectivity index (χ4v) is 0.607. The van der Waals surface area contributed by atoms with E-state index in [1.54, 1.807) is 0 Å². The van der Waals surface area contributed by atoms with Gasteiger partial charge in [-0.05, 0) is 18.0 Å². The summed E-state index contributed by atoms with van der Waals surface area (Å²) in [6, 6.07) is 0. The summed E-state index contributed by atoms with van der Waals surface area (Å²) in [5.41, 5.74) is 0. The van der Waals surface area contributed by atoms with E-state index in [9.17, 15) is 9.59 Å². The molecule has 0 aromatic heterocycles. The summed E-state index contributed by atoms with van der Waals surface area (Å²) in [6.07, 6.45) is 0.959. The van der Waals surface area contributed by atoms with E-state index in [1.165, 1.54) is 7.11 Å². The van der Waals surface area contributed by atoms with E-state index < -0.39 is 5.24 Å². The lowest BCUT2D eigenvalue weighted by Crippen LogP contribution is -2.00. The molecule has 0 saturated heterocycles. The van der Waals surface area contributed by atoms with Gasteiger partial charge in [0.15, 0.2) is 0 Å². The molecule has 0 radical (unpaired) electrons. The molecule has 0 aromatic rings. The van der Waals surface area contributed by atoms with Crippen LogP contribution < -0.4 is 0 Å². The maximum atomic E-state index is 10.4. The number of rotatable bonds is 4. The first-order valence-electron chi connectivity index (χ1n) is 2.92. The highest BCUT2D eigenvalue weighted by atomic mass is 35.5. The minimum Gasteiger partial charge on any atom is -0.469 e. The molecule has 0 N–H and O–H groups in total. The van der Waals surface area contributed by atoms with Gasteiger partial charge in [-0.2, -0.15) is 0 Å². The molecule has 0 saturated carbocycles. The maximum Gasteiger partial charge on any atom is 0.305 e. The number of hydrogen-bond acceptors (Lipinski definition) is 3. The van der Waals surface area contributed by atoms with Crippen LogP contribution >= 0.6 is 24.0 Å². The van der Waals surface area contributed by atoms with Crippen molar-refractivity contribution in [1.29, 1.82) is 0 Å². The zero-order valence-electron chi connectivity index (χ0n) is 6.13. The predicted octanol–water partition coefficient (Wildman–Crippen LogP) is 1.52. The van der Waals surface area contributed by atoms with Gasteiger partial charge < -0.3 is 4.74 Å². The summed E-state index contributed by atoms with van der Waals surface area (Å²) < 4.78 is 4.34.